The summed E-state index contributed by atoms with van der Waals surface area (Å²) in [4.78, 5) is 14.1. The molecule has 2 amide bonds. The molecule has 3 aromatic carbocycles. The van der Waals surface area contributed by atoms with E-state index in [1.54, 1.807) is 17.0 Å². The maximum atomic E-state index is 13.5. The molecule has 0 radical (unpaired) electrons. The van der Waals surface area contributed by atoms with Crippen LogP contribution in [0.5, 0.6) is 0 Å². The molecule has 6 nitrogen and oxygen atoms in total. The second kappa shape index (κ2) is 10.9. The quantitative estimate of drug-likeness (QED) is 0.500. The predicted octanol–water partition coefficient (Wildman–Crippen LogP) is 4.95. The minimum absolute atomic E-state index is 0.185. The fourth-order valence-corrected chi connectivity index (χ4v) is 4.79. The SMILES string of the molecule is CCN(CC)C(=O)Nc1ccc(S(=O)(=O)N(Cc2ccccc2)Cc2ccccc2)cc1. The lowest BCUT2D eigenvalue weighted by molar-refractivity contribution is 0.217. The van der Waals surface area contributed by atoms with Gasteiger partial charge in [0.1, 0.15) is 0 Å². The van der Waals surface area contributed by atoms with Crippen LogP contribution in [0.4, 0.5) is 10.5 Å². The summed E-state index contributed by atoms with van der Waals surface area (Å²) >= 11 is 0. The average molecular weight is 452 g/mol. The number of anilines is 1. The van der Waals surface area contributed by atoms with Gasteiger partial charge in [0.15, 0.2) is 0 Å². The second-order valence-corrected chi connectivity index (χ2v) is 9.31. The molecule has 0 aliphatic rings. The standard InChI is InChI=1S/C25H29N3O3S/c1-3-27(4-2)25(29)26-23-15-17-24(18-16-23)32(30,31)28(19-21-11-7-5-8-12-21)20-22-13-9-6-10-14-22/h5-18H,3-4,19-20H2,1-2H3,(H,26,29). The molecular weight excluding hydrogens is 422 g/mol. The molecule has 0 fully saturated rings. The number of hydrogen-bond donors (Lipinski definition) is 1. The Bertz CT molecular complexity index is 1060. The molecule has 32 heavy (non-hydrogen) atoms. The van der Waals surface area contributed by atoms with Crippen molar-refractivity contribution in [2.45, 2.75) is 31.8 Å². The third-order valence-corrected chi connectivity index (χ3v) is 7.00. The first-order chi connectivity index (χ1) is 15.4. The Kier molecular flexibility index (Phi) is 8.03. The van der Waals surface area contributed by atoms with Gasteiger partial charge in [-0.15, -0.1) is 0 Å². The van der Waals surface area contributed by atoms with Crippen molar-refractivity contribution in [1.29, 1.82) is 0 Å². The summed E-state index contributed by atoms with van der Waals surface area (Å²) in [5.41, 5.74) is 2.38. The molecule has 7 heteroatoms. The minimum atomic E-state index is -3.76. The molecule has 0 bridgehead atoms. The van der Waals surface area contributed by atoms with Crippen molar-refractivity contribution in [2.75, 3.05) is 18.4 Å². The number of sulfonamides is 1. The maximum absolute atomic E-state index is 13.5. The zero-order chi connectivity index (χ0) is 23.0. The van der Waals surface area contributed by atoms with E-state index in [1.807, 2.05) is 74.5 Å². The Morgan fingerprint density at radius 3 is 1.66 bits per heavy atom. The normalized spacial score (nSPS) is 11.3. The third-order valence-electron chi connectivity index (χ3n) is 5.20. The maximum Gasteiger partial charge on any atom is 0.321 e. The van der Waals surface area contributed by atoms with Gasteiger partial charge in [0.2, 0.25) is 10.0 Å². The highest BCUT2D eigenvalue weighted by Gasteiger charge is 2.25. The van der Waals surface area contributed by atoms with Crippen LogP contribution in [0.15, 0.2) is 89.8 Å². The van der Waals surface area contributed by atoms with Gasteiger partial charge in [-0.3, -0.25) is 0 Å². The van der Waals surface area contributed by atoms with Gasteiger partial charge >= 0.3 is 6.03 Å². The molecule has 168 valence electrons. The number of nitrogens with one attached hydrogen (secondary N) is 1. The van der Waals surface area contributed by atoms with Crippen molar-refractivity contribution < 1.29 is 13.2 Å². The predicted molar refractivity (Wildman–Crippen MR) is 128 cm³/mol. The molecule has 0 saturated carbocycles. The van der Waals surface area contributed by atoms with Crippen molar-refractivity contribution in [3.8, 4) is 0 Å². The number of amides is 2. The van der Waals surface area contributed by atoms with E-state index in [0.29, 0.717) is 18.8 Å². The van der Waals surface area contributed by atoms with E-state index in [0.717, 1.165) is 11.1 Å². The first kappa shape index (κ1) is 23.5. The molecule has 3 rings (SSSR count). The molecule has 3 aromatic rings. The first-order valence-electron chi connectivity index (χ1n) is 10.7. The van der Waals surface area contributed by atoms with Crippen molar-refractivity contribution >= 4 is 21.7 Å². The van der Waals surface area contributed by atoms with E-state index in [1.165, 1.54) is 16.4 Å². The molecule has 0 aromatic heterocycles. The summed E-state index contributed by atoms with van der Waals surface area (Å²) in [6.45, 7) is 5.54. The van der Waals surface area contributed by atoms with Gasteiger partial charge in [-0.25, -0.2) is 13.2 Å². The van der Waals surface area contributed by atoms with E-state index < -0.39 is 10.0 Å². The summed E-state index contributed by atoms with van der Waals surface area (Å²) < 4.78 is 28.5. The van der Waals surface area contributed by atoms with Crippen molar-refractivity contribution in [1.82, 2.24) is 9.21 Å². The number of rotatable bonds is 9. The third kappa shape index (κ3) is 5.96. The number of carbonyl (C=O) groups is 1. The van der Waals surface area contributed by atoms with Gasteiger partial charge in [0, 0.05) is 31.9 Å². The molecule has 0 aliphatic heterocycles. The van der Waals surface area contributed by atoms with Crippen molar-refractivity contribution in [3.05, 3.63) is 96.1 Å². The van der Waals surface area contributed by atoms with Crippen molar-refractivity contribution in [3.63, 3.8) is 0 Å². The van der Waals surface area contributed by atoms with E-state index in [4.69, 9.17) is 0 Å². The molecule has 1 N–H and O–H groups in total. The van der Waals surface area contributed by atoms with Gasteiger partial charge in [-0.1, -0.05) is 60.7 Å². The zero-order valence-electron chi connectivity index (χ0n) is 18.4. The largest absolute Gasteiger partial charge is 0.325 e. The van der Waals surface area contributed by atoms with E-state index in [9.17, 15) is 13.2 Å². The molecule has 0 heterocycles. The topological polar surface area (TPSA) is 69.7 Å². The molecule has 0 unspecified atom stereocenters. The van der Waals surface area contributed by atoms with Gasteiger partial charge in [-0.05, 0) is 49.2 Å². The second-order valence-electron chi connectivity index (χ2n) is 7.37. The summed E-state index contributed by atoms with van der Waals surface area (Å²) in [6, 6.07) is 25.2. The van der Waals surface area contributed by atoms with Crippen LogP contribution in [-0.4, -0.2) is 36.7 Å². The zero-order valence-corrected chi connectivity index (χ0v) is 19.3. The Morgan fingerprint density at radius 2 is 1.22 bits per heavy atom. The van der Waals surface area contributed by atoms with Crippen LogP contribution < -0.4 is 5.32 Å². The van der Waals surface area contributed by atoms with Crippen LogP contribution in [0, 0.1) is 0 Å². The van der Waals surface area contributed by atoms with Crippen LogP contribution in [0.25, 0.3) is 0 Å². The lowest BCUT2D eigenvalue weighted by Crippen LogP contribution is -2.34. The van der Waals surface area contributed by atoms with Gasteiger partial charge in [-0.2, -0.15) is 4.31 Å². The van der Waals surface area contributed by atoms with Gasteiger partial charge in [0.25, 0.3) is 0 Å². The first-order valence-corrected chi connectivity index (χ1v) is 12.1. The lowest BCUT2D eigenvalue weighted by Gasteiger charge is -2.23. The average Bonchev–Trinajstić information content (AvgIpc) is 2.81. The van der Waals surface area contributed by atoms with Crippen LogP contribution in [0.1, 0.15) is 25.0 Å². The lowest BCUT2D eigenvalue weighted by atomic mass is 10.2. The molecule has 0 atom stereocenters. The van der Waals surface area contributed by atoms with Gasteiger partial charge < -0.3 is 10.2 Å². The van der Waals surface area contributed by atoms with Gasteiger partial charge in [0.05, 0.1) is 4.90 Å². The summed E-state index contributed by atoms with van der Waals surface area (Å²) in [5.74, 6) is 0. The number of hydrogen-bond acceptors (Lipinski definition) is 3. The van der Waals surface area contributed by atoms with E-state index in [-0.39, 0.29) is 24.0 Å². The highest BCUT2D eigenvalue weighted by molar-refractivity contribution is 7.89. The molecule has 0 aliphatic carbocycles. The van der Waals surface area contributed by atoms with E-state index in [2.05, 4.69) is 5.32 Å². The number of urea groups is 1. The summed E-state index contributed by atoms with van der Waals surface area (Å²) in [7, 11) is -3.76. The highest BCUT2D eigenvalue weighted by Crippen LogP contribution is 2.23. The molecule has 0 saturated heterocycles. The van der Waals surface area contributed by atoms with Crippen LogP contribution >= 0.6 is 0 Å². The summed E-state index contributed by atoms with van der Waals surface area (Å²) in [5, 5.41) is 2.81. The fourth-order valence-electron chi connectivity index (χ4n) is 3.37. The monoisotopic (exact) mass is 451 g/mol. The number of nitrogens with zero attached hydrogens (tertiary/aromatic N) is 2. The summed E-state index contributed by atoms with van der Waals surface area (Å²) in [6.07, 6.45) is 0. The minimum Gasteiger partial charge on any atom is -0.325 e. The Balaban J connectivity index is 1.84. The van der Waals surface area contributed by atoms with Crippen LogP contribution in [0.2, 0.25) is 0 Å². The van der Waals surface area contributed by atoms with Crippen LogP contribution in [-0.2, 0) is 23.1 Å². The Hall–Kier alpha value is -3.16. The Labute approximate surface area is 190 Å². The van der Waals surface area contributed by atoms with Crippen LogP contribution in [0.3, 0.4) is 0 Å². The highest BCUT2D eigenvalue weighted by atomic mass is 32.2. The Morgan fingerprint density at radius 1 is 0.750 bits per heavy atom. The fraction of sp³-hybridized carbons (Fsp3) is 0.240. The van der Waals surface area contributed by atoms with Crippen molar-refractivity contribution in [2.24, 2.45) is 0 Å². The number of carbonyl (C=O) groups excluding carboxylic acids is 1. The smallest absolute Gasteiger partial charge is 0.321 e. The molecule has 0 spiro atoms. The van der Waals surface area contributed by atoms with E-state index >= 15 is 0 Å². The number of benzene rings is 3. The molecular formula is C25H29N3O3S.